The first kappa shape index (κ1) is 12.9. The van der Waals surface area contributed by atoms with Gasteiger partial charge in [-0.05, 0) is 26.2 Å². The van der Waals surface area contributed by atoms with E-state index in [1.54, 1.807) is 13.3 Å². The Morgan fingerprint density at radius 1 is 1.50 bits per heavy atom. The van der Waals surface area contributed by atoms with Crippen LogP contribution in [0, 0.1) is 5.41 Å². The Labute approximate surface area is 97.1 Å². The number of carbonyl (C=O) groups is 1. The summed E-state index contributed by atoms with van der Waals surface area (Å²) in [6, 6.07) is 0.311. The van der Waals surface area contributed by atoms with E-state index in [2.05, 4.69) is 37.8 Å². The van der Waals surface area contributed by atoms with Crippen molar-refractivity contribution in [2.24, 2.45) is 5.41 Å². The molecule has 0 amide bonds. The predicted molar refractivity (Wildman–Crippen MR) is 63.2 cm³/mol. The van der Waals surface area contributed by atoms with E-state index < -0.39 is 0 Å². The maximum Gasteiger partial charge on any atom is 0.138 e. The zero-order valence-electron chi connectivity index (χ0n) is 10.8. The van der Waals surface area contributed by atoms with Crippen molar-refractivity contribution in [3.05, 3.63) is 12.2 Å². The van der Waals surface area contributed by atoms with Crippen molar-refractivity contribution in [1.29, 1.82) is 0 Å². The molecule has 0 N–H and O–H groups in total. The number of ketones is 1. The van der Waals surface area contributed by atoms with Crippen LogP contribution in [0.2, 0.25) is 0 Å². The lowest BCUT2D eigenvalue weighted by Crippen LogP contribution is -2.22. The van der Waals surface area contributed by atoms with Gasteiger partial charge in [-0.25, -0.2) is 9.67 Å². The van der Waals surface area contributed by atoms with E-state index in [4.69, 9.17) is 0 Å². The number of rotatable bonds is 5. The van der Waals surface area contributed by atoms with Crippen LogP contribution in [-0.4, -0.2) is 20.5 Å². The summed E-state index contributed by atoms with van der Waals surface area (Å²) in [5.74, 6) is 1.18. The van der Waals surface area contributed by atoms with Crippen molar-refractivity contribution >= 4 is 5.78 Å². The van der Waals surface area contributed by atoms with Gasteiger partial charge in [0.1, 0.15) is 17.9 Å². The second-order valence-corrected chi connectivity index (χ2v) is 5.43. The van der Waals surface area contributed by atoms with Gasteiger partial charge in [-0.2, -0.15) is 5.10 Å². The third-order valence-electron chi connectivity index (χ3n) is 2.50. The second kappa shape index (κ2) is 4.76. The van der Waals surface area contributed by atoms with Crippen LogP contribution in [0.25, 0.3) is 0 Å². The van der Waals surface area contributed by atoms with Crippen LogP contribution in [0.4, 0.5) is 0 Å². The molecule has 0 bridgehead atoms. The van der Waals surface area contributed by atoms with Crippen molar-refractivity contribution in [1.82, 2.24) is 14.8 Å². The molecule has 0 spiro atoms. The summed E-state index contributed by atoms with van der Waals surface area (Å²) in [5.41, 5.74) is -0.0501. The van der Waals surface area contributed by atoms with Gasteiger partial charge in [-0.15, -0.1) is 0 Å². The molecule has 1 rings (SSSR count). The number of carbonyl (C=O) groups excluding carboxylic acids is 1. The zero-order valence-corrected chi connectivity index (χ0v) is 10.8. The molecule has 1 aromatic heterocycles. The minimum Gasteiger partial charge on any atom is -0.300 e. The van der Waals surface area contributed by atoms with Gasteiger partial charge in [0.05, 0.1) is 0 Å². The average Bonchev–Trinajstić information content (AvgIpc) is 2.48. The van der Waals surface area contributed by atoms with E-state index in [1.165, 1.54) is 0 Å². The van der Waals surface area contributed by atoms with E-state index in [-0.39, 0.29) is 11.2 Å². The molecule has 4 nitrogen and oxygen atoms in total. The molecule has 16 heavy (non-hydrogen) atoms. The molecule has 0 aliphatic carbocycles. The van der Waals surface area contributed by atoms with Crippen molar-refractivity contribution in [2.45, 2.75) is 53.5 Å². The van der Waals surface area contributed by atoms with E-state index in [1.807, 2.05) is 4.68 Å². The zero-order chi connectivity index (χ0) is 12.3. The van der Waals surface area contributed by atoms with E-state index in [9.17, 15) is 4.79 Å². The number of Topliss-reactive ketones (excluding diaryl/α,β-unsaturated/α-hetero) is 1. The first-order valence-corrected chi connectivity index (χ1v) is 5.69. The molecular formula is C12H21N3O. The van der Waals surface area contributed by atoms with Crippen molar-refractivity contribution in [3.63, 3.8) is 0 Å². The van der Waals surface area contributed by atoms with Crippen molar-refractivity contribution in [2.75, 3.05) is 0 Å². The minimum atomic E-state index is -0.0501. The number of nitrogens with zero attached hydrogens (tertiary/aromatic N) is 3. The summed E-state index contributed by atoms with van der Waals surface area (Å²) < 4.78 is 1.92. The summed E-state index contributed by atoms with van der Waals surface area (Å²) in [6.07, 6.45) is 2.95. The van der Waals surface area contributed by atoms with Gasteiger partial charge in [-0.3, -0.25) is 0 Å². The highest BCUT2D eigenvalue weighted by Gasteiger charge is 2.23. The van der Waals surface area contributed by atoms with Crippen LogP contribution < -0.4 is 0 Å². The van der Waals surface area contributed by atoms with Crippen LogP contribution in [0.5, 0.6) is 0 Å². The van der Waals surface area contributed by atoms with Crippen LogP contribution in [-0.2, 0) is 11.2 Å². The fourth-order valence-electron chi connectivity index (χ4n) is 2.00. The van der Waals surface area contributed by atoms with Crippen LogP contribution in [0.3, 0.4) is 0 Å². The predicted octanol–water partition coefficient (Wildman–Crippen LogP) is 2.41. The van der Waals surface area contributed by atoms with Crippen molar-refractivity contribution < 1.29 is 4.79 Å². The fraction of sp³-hybridized carbons (Fsp3) is 0.750. The maximum atomic E-state index is 11.2. The third-order valence-corrected chi connectivity index (χ3v) is 2.50. The van der Waals surface area contributed by atoms with E-state index in [0.29, 0.717) is 12.5 Å². The molecule has 0 radical (unpaired) electrons. The van der Waals surface area contributed by atoms with Crippen LogP contribution in [0.15, 0.2) is 6.33 Å². The number of hydrogen-bond acceptors (Lipinski definition) is 3. The monoisotopic (exact) mass is 223 g/mol. The molecule has 0 fully saturated rings. The summed E-state index contributed by atoms with van der Waals surface area (Å²) >= 11 is 0. The summed E-state index contributed by atoms with van der Waals surface area (Å²) in [7, 11) is 0. The number of hydrogen-bond donors (Lipinski definition) is 0. The van der Waals surface area contributed by atoms with Crippen LogP contribution >= 0.6 is 0 Å². The van der Waals surface area contributed by atoms with Gasteiger partial charge < -0.3 is 4.79 Å². The molecule has 4 heteroatoms. The lowest BCUT2D eigenvalue weighted by molar-refractivity contribution is -0.118. The standard InChI is InChI=1S/C12H21N3O/c1-9(2)15-11(13-8-14-15)7-12(4,5)6-10(3)16/h8-9H,6-7H2,1-5H3. The maximum absolute atomic E-state index is 11.2. The molecule has 0 unspecified atom stereocenters. The lowest BCUT2D eigenvalue weighted by Gasteiger charge is -2.23. The van der Waals surface area contributed by atoms with Gasteiger partial charge in [0.15, 0.2) is 0 Å². The highest BCUT2D eigenvalue weighted by molar-refractivity contribution is 5.76. The Hall–Kier alpha value is -1.19. The molecular weight excluding hydrogens is 202 g/mol. The molecule has 1 heterocycles. The smallest absolute Gasteiger partial charge is 0.138 e. The molecule has 0 saturated carbocycles. The fourth-order valence-corrected chi connectivity index (χ4v) is 2.00. The molecule has 0 aliphatic rings. The minimum absolute atomic E-state index is 0.0501. The summed E-state index contributed by atoms with van der Waals surface area (Å²) in [4.78, 5) is 15.4. The Bertz CT molecular complexity index is 366. The number of aromatic nitrogens is 3. The topological polar surface area (TPSA) is 47.8 Å². The third kappa shape index (κ3) is 3.43. The molecule has 0 aromatic carbocycles. The Balaban J connectivity index is 2.79. The van der Waals surface area contributed by atoms with Crippen LogP contribution in [0.1, 0.15) is 52.9 Å². The Morgan fingerprint density at radius 2 is 2.12 bits per heavy atom. The SMILES string of the molecule is CC(=O)CC(C)(C)Cc1ncnn1C(C)C. The Kier molecular flexibility index (Phi) is 3.83. The molecule has 90 valence electrons. The van der Waals surface area contributed by atoms with Gasteiger partial charge in [-0.1, -0.05) is 13.8 Å². The summed E-state index contributed by atoms with van der Waals surface area (Å²) in [6.45, 7) is 9.97. The molecule has 0 atom stereocenters. The first-order chi connectivity index (χ1) is 7.32. The Morgan fingerprint density at radius 3 is 2.62 bits per heavy atom. The summed E-state index contributed by atoms with van der Waals surface area (Å²) in [5, 5.41) is 4.20. The second-order valence-electron chi connectivity index (χ2n) is 5.43. The van der Waals surface area contributed by atoms with Crippen molar-refractivity contribution in [3.8, 4) is 0 Å². The normalized spacial score (nSPS) is 12.1. The molecule has 0 aliphatic heterocycles. The largest absolute Gasteiger partial charge is 0.300 e. The highest BCUT2D eigenvalue weighted by Crippen LogP contribution is 2.26. The molecule has 1 aromatic rings. The molecule has 0 saturated heterocycles. The van der Waals surface area contributed by atoms with E-state index >= 15 is 0 Å². The van der Waals surface area contributed by atoms with Gasteiger partial charge in [0.2, 0.25) is 0 Å². The quantitative estimate of drug-likeness (QED) is 0.770. The first-order valence-electron chi connectivity index (χ1n) is 5.69. The van der Waals surface area contributed by atoms with E-state index in [0.717, 1.165) is 12.2 Å². The lowest BCUT2D eigenvalue weighted by atomic mass is 9.84. The highest BCUT2D eigenvalue weighted by atomic mass is 16.1. The average molecular weight is 223 g/mol. The van der Waals surface area contributed by atoms with Gasteiger partial charge >= 0.3 is 0 Å². The van der Waals surface area contributed by atoms with Gasteiger partial charge in [0, 0.05) is 18.9 Å². The van der Waals surface area contributed by atoms with Gasteiger partial charge in [0.25, 0.3) is 0 Å².